The molecule has 0 fully saturated rings. The van der Waals surface area contributed by atoms with Crippen molar-refractivity contribution in [3.05, 3.63) is 47.5 Å². The fraction of sp³-hybridized carbons (Fsp3) is 0.357. The van der Waals surface area contributed by atoms with E-state index in [0.29, 0.717) is 6.54 Å². The van der Waals surface area contributed by atoms with Crippen LogP contribution in [0.4, 0.5) is 0 Å². The smallest absolute Gasteiger partial charge is 0.118 e. The van der Waals surface area contributed by atoms with E-state index in [4.69, 9.17) is 4.74 Å². The van der Waals surface area contributed by atoms with Crippen molar-refractivity contribution in [3.8, 4) is 5.75 Å². The predicted octanol–water partition coefficient (Wildman–Crippen LogP) is 2.24. The second-order valence-corrected chi connectivity index (χ2v) is 4.36. The molecule has 4 nitrogen and oxygen atoms in total. The number of hydrogen-bond acceptors (Lipinski definition) is 3. The van der Waals surface area contributed by atoms with E-state index in [2.05, 4.69) is 4.98 Å². The van der Waals surface area contributed by atoms with E-state index in [1.165, 1.54) is 0 Å². The number of hydrogen-bond donors (Lipinski definition) is 1. The van der Waals surface area contributed by atoms with E-state index in [1.807, 2.05) is 42.7 Å². The van der Waals surface area contributed by atoms with Crippen LogP contribution in [-0.4, -0.2) is 21.8 Å². The molecule has 4 heteroatoms. The first-order chi connectivity index (χ1) is 8.61. The van der Waals surface area contributed by atoms with Crippen LogP contribution in [0.3, 0.4) is 0 Å². The minimum Gasteiger partial charge on any atom is -0.497 e. The highest BCUT2D eigenvalue weighted by Gasteiger charge is 2.10. The van der Waals surface area contributed by atoms with Crippen LogP contribution in [0, 0.1) is 13.8 Å². The van der Waals surface area contributed by atoms with E-state index in [9.17, 15) is 5.11 Å². The van der Waals surface area contributed by atoms with E-state index < -0.39 is 6.10 Å². The number of aliphatic hydroxyl groups is 1. The summed E-state index contributed by atoms with van der Waals surface area (Å²) in [6.45, 7) is 4.48. The SMILES string of the molecule is COc1ccc(C(O)Cn2cnc(C)c2C)cc1. The number of aliphatic hydroxyl groups excluding tert-OH is 1. The zero-order chi connectivity index (χ0) is 13.1. The molecular weight excluding hydrogens is 228 g/mol. The zero-order valence-electron chi connectivity index (χ0n) is 10.9. The summed E-state index contributed by atoms with van der Waals surface area (Å²) in [5.74, 6) is 0.792. The van der Waals surface area contributed by atoms with Gasteiger partial charge in [0.2, 0.25) is 0 Å². The van der Waals surface area contributed by atoms with Crippen LogP contribution in [-0.2, 0) is 6.54 Å². The summed E-state index contributed by atoms with van der Waals surface area (Å²) in [6, 6.07) is 7.46. The number of imidazole rings is 1. The van der Waals surface area contributed by atoms with Gasteiger partial charge in [0, 0.05) is 5.69 Å². The Labute approximate surface area is 107 Å². The molecule has 1 heterocycles. The monoisotopic (exact) mass is 246 g/mol. The highest BCUT2D eigenvalue weighted by atomic mass is 16.5. The Kier molecular flexibility index (Phi) is 3.67. The highest BCUT2D eigenvalue weighted by molar-refractivity contribution is 5.28. The summed E-state index contributed by atoms with van der Waals surface area (Å²) in [5, 5.41) is 10.2. The lowest BCUT2D eigenvalue weighted by Crippen LogP contribution is -2.09. The van der Waals surface area contributed by atoms with E-state index >= 15 is 0 Å². The van der Waals surface area contributed by atoms with Crippen molar-refractivity contribution in [1.29, 1.82) is 0 Å². The van der Waals surface area contributed by atoms with Crippen LogP contribution < -0.4 is 4.74 Å². The molecule has 0 amide bonds. The Balaban J connectivity index is 2.11. The van der Waals surface area contributed by atoms with Crippen molar-refractivity contribution < 1.29 is 9.84 Å². The fourth-order valence-corrected chi connectivity index (χ4v) is 1.85. The van der Waals surface area contributed by atoms with Gasteiger partial charge in [-0.15, -0.1) is 0 Å². The average Bonchev–Trinajstić information content (AvgIpc) is 2.71. The van der Waals surface area contributed by atoms with Crippen LogP contribution >= 0.6 is 0 Å². The van der Waals surface area contributed by atoms with E-state index in [-0.39, 0.29) is 0 Å². The van der Waals surface area contributed by atoms with Gasteiger partial charge in [-0.25, -0.2) is 4.98 Å². The third-order valence-corrected chi connectivity index (χ3v) is 3.22. The fourth-order valence-electron chi connectivity index (χ4n) is 1.85. The van der Waals surface area contributed by atoms with Gasteiger partial charge in [0.05, 0.1) is 31.8 Å². The van der Waals surface area contributed by atoms with E-state index in [1.54, 1.807) is 13.4 Å². The topological polar surface area (TPSA) is 47.3 Å². The summed E-state index contributed by atoms with van der Waals surface area (Å²) >= 11 is 0. The molecule has 0 aliphatic heterocycles. The minimum absolute atomic E-state index is 0.513. The Morgan fingerprint density at radius 1 is 1.28 bits per heavy atom. The van der Waals surface area contributed by atoms with Crippen molar-refractivity contribution in [1.82, 2.24) is 9.55 Å². The molecule has 0 saturated heterocycles. The van der Waals surface area contributed by atoms with Crippen molar-refractivity contribution >= 4 is 0 Å². The molecule has 1 atom stereocenters. The Hall–Kier alpha value is -1.81. The van der Waals surface area contributed by atoms with Gasteiger partial charge in [-0.2, -0.15) is 0 Å². The lowest BCUT2D eigenvalue weighted by molar-refractivity contribution is 0.155. The van der Waals surface area contributed by atoms with Gasteiger partial charge in [0.1, 0.15) is 5.75 Å². The third-order valence-electron chi connectivity index (χ3n) is 3.22. The third kappa shape index (κ3) is 2.54. The molecule has 0 radical (unpaired) electrons. The first kappa shape index (κ1) is 12.6. The van der Waals surface area contributed by atoms with Gasteiger partial charge in [0.15, 0.2) is 0 Å². The second kappa shape index (κ2) is 5.23. The van der Waals surface area contributed by atoms with Gasteiger partial charge in [0.25, 0.3) is 0 Å². The maximum absolute atomic E-state index is 10.2. The first-order valence-corrected chi connectivity index (χ1v) is 5.92. The number of nitrogens with zero attached hydrogens (tertiary/aromatic N) is 2. The molecule has 0 aliphatic carbocycles. The number of aryl methyl sites for hydroxylation is 1. The lowest BCUT2D eigenvalue weighted by Gasteiger charge is -2.13. The normalized spacial score (nSPS) is 12.4. The molecule has 0 spiro atoms. The molecule has 1 N–H and O–H groups in total. The largest absolute Gasteiger partial charge is 0.497 e. The standard InChI is InChI=1S/C14H18N2O2/c1-10-11(2)16(9-15-10)8-14(17)12-4-6-13(18-3)7-5-12/h4-7,9,14,17H,8H2,1-3H3. The minimum atomic E-state index is -0.539. The average molecular weight is 246 g/mol. The first-order valence-electron chi connectivity index (χ1n) is 5.92. The van der Waals surface area contributed by atoms with Crippen molar-refractivity contribution in [2.45, 2.75) is 26.5 Å². The van der Waals surface area contributed by atoms with Gasteiger partial charge in [-0.3, -0.25) is 0 Å². The van der Waals surface area contributed by atoms with Crippen molar-refractivity contribution in [2.24, 2.45) is 0 Å². The summed E-state index contributed by atoms with van der Waals surface area (Å²) in [7, 11) is 1.63. The van der Waals surface area contributed by atoms with Gasteiger partial charge in [-0.05, 0) is 31.5 Å². The summed E-state index contributed by atoms with van der Waals surface area (Å²) in [6.07, 6.45) is 1.22. The number of ether oxygens (including phenoxy) is 1. The molecule has 1 aromatic carbocycles. The number of rotatable bonds is 4. The van der Waals surface area contributed by atoms with Crippen molar-refractivity contribution in [2.75, 3.05) is 7.11 Å². The number of aromatic nitrogens is 2. The predicted molar refractivity (Wildman–Crippen MR) is 69.7 cm³/mol. The molecular formula is C14H18N2O2. The Morgan fingerprint density at radius 3 is 2.44 bits per heavy atom. The summed E-state index contributed by atoms with van der Waals surface area (Å²) in [4.78, 5) is 4.22. The zero-order valence-corrected chi connectivity index (χ0v) is 10.9. The van der Waals surface area contributed by atoms with Crippen LogP contribution in [0.15, 0.2) is 30.6 Å². The molecule has 2 aromatic rings. The van der Waals surface area contributed by atoms with Gasteiger partial charge < -0.3 is 14.4 Å². The van der Waals surface area contributed by atoms with Crippen LogP contribution in [0.25, 0.3) is 0 Å². The highest BCUT2D eigenvalue weighted by Crippen LogP contribution is 2.19. The Bertz CT molecular complexity index is 517. The summed E-state index contributed by atoms with van der Waals surface area (Å²) in [5.41, 5.74) is 2.96. The van der Waals surface area contributed by atoms with Crippen LogP contribution in [0.5, 0.6) is 5.75 Å². The van der Waals surface area contributed by atoms with Crippen LogP contribution in [0.2, 0.25) is 0 Å². The Morgan fingerprint density at radius 2 is 1.94 bits per heavy atom. The van der Waals surface area contributed by atoms with Gasteiger partial charge in [-0.1, -0.05) is 12.1 Å². The number of benzene rings is 1. The number of methoxy groups -OCH3 is 1. The molecule has 18 heavy (non-hydrogen) atoms. The second-order valence-electron chi connectivity index (χ2n) is 4.36. The maximum Gasteiger partial charge on any atom is 0.118 e. The van der Waals surface area contributed by atoms with E-state index in [0.717, 1.165) is 22.7 Å². The quantitative estimate of drug-likeness (QED) is 0.900. The molecule has 96 valence electrons. The molecule has 1 unspecified atom stereocenters. The van der Waals surface area contributed by atoms with Crippen LogP contribution in [0.1, 0.15) is 23.1 Å². The molecule has 1 aromatic heterocycles. The maximum atomic E-state index is 10.2. The molecule has 0 aliphatic rings. The summed E-state index contributed by atoms with van der Waals surface area (Å²) < 4.78 is 7.06. The van der Waals surface area contributed by atoms with Crippen molar-refractivity contribution in [3.63, 3.8) is 0 Å². The molecule has 0 bridgehead atoms. The van der Waals surface area contributed by atoms with Gasteiger partial charge >= 0.3 is 0 Å². The molecule has 2 rings (SSSR count). The molecule has 0 saturated carbocycles. The lowest BCUT2D eigenvalue weighted by atomic mass is 10.1.